The molecule has 0 aliphatic carbocycles. The molecular formula is C12H21N3O4S. The minimum Gasteiger partial charge on any atom is -0.373 e. The van der Waals surface area contributed by atoms with Crippen molar-refractivity contribution in [3.05, 3.63) is 17.0 Å². The summed E-state index contributed by atoms with van der Waals surface area (Å²) in [6, 6.07) is 0. The largest absolute Gasteiger partial charge is 0.373 e. The summed E-state index contributed by atoms with van der Waals surface area (Å²) in [5.74, 6) is 0.633. The van der Waals surface area contributed by atoms with Crippen molar-refractivity contribution in [2.24, 2.45) is 0 Å². The van der Waals surface area contributed by atoms with Crippen molar-refractivity contribution in [1.82, 2.24) is 14.2 Å². The first-order chi connectivity index (χ1) is 9.29. The first kappa shape index (κ1) is 15.4. The van der Waals surface area contributed by atoms with E-state index >= 15 is 0 Å². The lowest BCUT2D eigenvalue weighted by Crippen LogP contribution is -2.51. The topological polar surface area (TPSA) is 84.7 Å². The quantitative estimate of drug-likeness (QED) is 0.886. The second-order valence-corrected chi connectivity index (χ2v) is 6.96. The molecule has 8 heteroatoms. The lowest BCUT2D eigenvalue weighted by atomic mass is 10.2. The molecule has 0 spiro atoms. The Balaban J connectivity index is 2.04. The minimum absolute atomic E-state index is 0.102. The highest BCUT2D eigenvalue weighted by Crippen LogP contribution is 2.15. The number of hydrogen-bond donors (Lipinski definition) is 1. The molecule has 2 heterocycles. The molecule has 0 saturated carbocycles. The molecule has 1 aliphatic heterocycles. The number of aryl methyl sites for hydroxylation is 2. The Hall–Kier alpha value is -0.960. The molecular weight excluding hydrogens is 282 g/mol. The monoisotopic (exact) mass is 303 g/mol. The van der Waals surface area contributed by atoms with E-state index in [0.29, 0.717) is 24.5 Å². The van der Waals surface area contributed by atoms with Gasteiger partial charge in [0.2, 0.25) is 0 Å². The van der Waals surface area contributed by atoms with Crippen LogP contribution in [0.2, 0.25) is 0 Å². The molecule has 1 N–H and O–H groups in total. The molecule has 1 aliphatic rings. The molecule has 2 rings (SSSR count). The third-order valence-corrected chi connectivity index (χ3v) is 4.83. The van der Waals surface area contributed by atoms with E-state index in [-0.39, 0.29) is 18.8 Å². The normalized spacial score (nSPS) is 25.0. The Morgan fingerprint density at radius 3 is 2.40 bits per heavy atom. The number of morpholine rings is 1. The first-order valence-corrected chi connectivity index (χ1v) is 8.05. The average molecular weight is 303 g/mol. The molecule has 0 radical (unpaired) electrons. The second kappa shape index (κ2) is 5.80. The summed E-state index contributed by atoms with van der Waals surface area (Å²) in [6.07, 6.45) is -0.205. The van der Waals surface area contributed by atoms with Gasteiger partial charge in [-0.3, -0.25) is 0 Å². The fourth-order valence-corrected chi connectivity index (χ4v) is 3.66. The van der Waals surface area contributed by atoms with Crippen LogP contribution in [-0.2, 0) is 21.5 Å². The van der Waals surface area contributed by atoms with Gasteiger partial charge in [0.05, 0.1) is 17.9 Å². The highest BCUT2D eigenvalue weighted by atomic mass is 32.2. The van der Waals surface area contributed by atoms with Gasteiger partial charge in [0.15, 0.2) is 0 Å². The SMILES string of the molecule is Cc1noc(C)c1CNS(=O)(=O)N1CC(C)OC(C)C1. The summed E-state index contributed by atoms with van der Waals surface area (Å²) in [7, 11) is -3.52. The van der Waals surface area contributed by atoms with E-state index in [0.717, 1.165) is 5.56 Å². The van der Waals surface area contributed by atoms with E-state index < -0.39 is 10.2 Å². The van der Waals surface area contributed by atoms with Crippen LogP contribution in [0.4, 0.5) is 0 Å². The van der Waals surface area contributed by atoms with E-state index in [2.05, 4.69) is 9.88 Å². The number of hydrogen-bond acceptors (Lipinski definition) is 5. The Morgan fingerprint density at radius 2 is 1.90 bits per heavy atom. The van der Waals surface area contributed by atoms with Crippen LogP contribution in [-0.4, -0.2) is 43.2 Å². The van der Waals surface area contributed by atoms with Crippen LogP contribution in [0, 0.1) is 13.8 Å². The summed E-state index contributed by atoms with van der Waals surface area (Å²) in [4.78, 5) is 0. The van der Waals surface area contributed by atoms with Gasteiger partial charge >= 0.3 is 0 Å². The van der Waals surface area contributed by atoms with Crippen LogP contribution >= 0.6 is 0 Å². The summed E-state index contributed by atoms with van der Waals surface area (Å²) in [5.41, 5.74) is 1.48. The van der Waals surface area contributed by atoms with Gasteiger partial charge in [-0.15, -0.1) is 0 Å². The smallest absolute Gasteiger partial charge is 0.279 e. The van der Waals surface area contributed by atoms with Crippen molar-refractivity contribution in [1.29, 1.82) is 0 Å². The molecule has 1 aromatic heterocycles. The van der Waals surface area contributed by atoms with Crippen molar-refractivity contribution in [2.45, 2.75) is 46.4 Å². The van der Waals surface area contributed by atoms with Crippen molar-refractivity contribution < 1.29 is 17.7 Å². The number of nitrogens with one attached hydrogen (secondary N) is 1. The Kier molecular flexibility index (Phi) is 4.48. The maximum atomic E-state index is 12.3. The Morgan fingerprint density at radius 1 is 1.30 bits per heavy atom. The third kappa shape index (κ3) is 3.38. The van der Waals surface area contributed by atoms with Gasteiger partial charge in [0.1, 0.15) is 5.76 Å². The Bertz CT molecular complexity index is 540. The van der Waals surface area contributed by atoms with E-state index in [9.17, 15) is 8.42 Å². The lowest BCUT2D eigenvalue weighted by molar-refractivity contribution is -0.0444. The predicted octanol–water partition coefficient (Wildman–Crippen LogP) is 0.735. The number of ether oxygens (including phenoxy) is 1. The molecule has 0 bridgehead atoms. The summed E-state index contributed by atoms with van der Waals surface area (Å²) in [5, 5.41) is 3.81. The van der Waals surface area contributed by atoms with Crippen molar-refractivity contribution in [3.8, 4) is 0 Å². The zero-order valence-corrected chi connectivity index (χ0v) is 13.0. The second-order valence-electron chi connectivity index (χ2n) is 5.20. The van der Waals surface area contributed by atoms with Gasteiger partial charge in [-0.25, -0.2) is 0 Å². The molecule has 1 saturated heterocycles. The summed E-state index contributed by atoms with van der Waals surface area (Å²) in [6.45, 7) is 8.20. The van der Waals surface area contributed by atoms with Crippen LogP contribution < -0.4 is 4.72 Å². The number of aromatic nitrogens is 1. The number of rotatable bonds is 4. The molecule has 7 nitrogen and oxygen atoms in total. The molecule has 0 aromatic carbocycles. The zero-order chi connectivity index (χ0) is 14.9. The average Bonchev–Trinajstić information content (AvgIpc) is 2.65. The van der Waals surface area contributed by atoms with Crippen LogP contribution in [0.1, 0.15) is 30.9 Å². The van der Waals surface area contributed by atoms with Gasteiger partial charge in [-0.05, 0) is 27.7 Å². The lowest BCUT2D eigenvalue weighted by Gasteiger charge is -2.34. The van der Waals surface area contributed by atoms with Crippen LogP contribution in [0.25, 0.3) is 0 Å². The van der Waals surface area contributed by atoms with Crippen molar-refractivity contribution in [3.63, 3.8) is 0 Å². The maximum Gasteiger partial charge on any atom is 0.279 e. The summed E-state index contributed by atoms with van der Waals surface area (Å²) < 4.78 is 39.2. The fourth-order valence-electron chi connectivity index (χ4n) is 2.34. The fraction of sp³-hybridized carbons (Fsp3) is 0.750. The van der Waals surface area contributed by atoms with Crippen LogP contribution in [0.5, 0.6) is 0 Å². The Labute approximate surface area is 119 Å². The highest BCUT2D eigenvalue weighted by Gasteiger charge is 2.31. The van der Waals surface area contributed by atoms with Crippen molar-refractivity contribution in [2.75, 3.05) is 13.1 Å². The molecule has 2 atom stereocenters. The van der Waals surface area contributed by atoms with E-state index in [1.165, 1.54) is 4.31 Å². The predicted molar refractivity (Wildman–Crippen MR) is 73.3 cm³/mol. The van der Waals surface area contributed by atoms with Crippen LogP contribution in [0.3, 0.4) is 0 Å². The third-order valence-electron chi connectivity index (χ3n) is 3.34. The minimum atomic E-state index is -3.52. The molecule has 0 amide bonds. The molecule has 20 heavy (non-hydrogen) atoms. The van der Waals surface area contributed by atoms with E-state index in [4.69, 9.17) is 9.26 Å². The van der Waals surface area contributed by atoms with Gasteiger partial charge in [0.25, 0.3) is 10.2 Å². The van der Waals surface area contributed by atoms with Gasteiger partial charge in [-0.2, -0.15) is 17.4 Å². The first-order valence-electron chi connectivity index (χ1n) is 6.61. The number of nitrogens with zero attached hydrogens (tertiary/aromatic N) is 2. The molecule has 2 unspecified atom stereocenters. The van der Waals surface area contributed by atoms with Gasteiger partial charge in [0, 0.05) is 25.2 Å². The standard InChI is InChI=1S/C12H21N3O4S/c1-8-6-15(7-9(2)18-8)20(16,17)13-5-12-10(3)14-19-11(12)4/h8-9,13H,5-7H2,1-4H3. The van der Waals surface area contributed by atoms with E-state index in [1.54, 1.807) is 13.8 Å². The van der Waals surface area contributed by atoms with E-state index in [1.807, 2.05) is 13.8 Å². The molecule has 1 fully saturated rings. The highest BCUT2D eigenvalue weighted by molar-refractivity contribution is 7.87. The summed E-state index contributed by atoms with van der Waals surface area (Å²) >= 11 is 0. The van der Waals surface area contributed by atoms with Crippen molar-refractivity contribution >= 4 is 10.2 Å². The van der Waals surface area contributed by atoms with Gasteiger partial charge in [-0.1, -0.05) is 5.16 Å². The molecule has 114 valence electrons. The zero-order valence-electron chi connectivity index (χ0n) is 12.2. The molecule has 1 aromatic rings. The van der Waals surface area contributed by atoms with Gasteiger partial charge < -0.3 is 9.26 Å². The maximum absolute atomic E-state index is 12.3. The van der Waals surface area contributed by atoms with Crippen LogP contribution in [0.15, 0.2) is 4.52 Å².